The number of nitrogens with one attached hydrogen (secondary N) is 1. The summed E-state index contributed by atoms with van der Waals surface area (Å²) < 4.78 is 5.43. The number of benzene rings is 2. The van der Waals surface area contributed by atoms with E-state index in [4.69, 9.17) is 4.74 Å². The van der Waals surface area contributed by atoms with Gasteiger partial charge in [0.1, 0.15) is 0 Å². The number of rotatable bonds is 4. The van der Waals surface area contributed by atoms with E-state index in [9.17, 15) is 9.59 Å². The van der Waals surface area contributed by atoms with E-state index in [1.165, 1.54) is 11.1 Å². The molecule has 0 unspecified atom stereocenters. The van der Waals surface area contributed by atoms with Crippen LogP contribution in [0.4, 0.5) is 0 Å². The number of Topliss-reactive ketones (excluding diaryl/α,β-unsaturated/α-hetero) is 1. The zero-order chi connectivity index (χ0) is 17.4. The molecule has 1 heterocycles. The van der Waals surface area contributed by atoms with E-state index in [0.717, 1.165) is 30.2 Å². The molecule has 3 aromatic rings. The van der Waals surface area contributed by atoms with Crippen molar-refractivity contribution in [2.24, 2.45) is 0 Å². The fourth-order valence-electron chi connectivity index (χ4n) is 3.48. The maximum absolute atomic E-state index is 12.6. The molecule has 1 atom stereocenters. The van der Waals surface area contributed by atoms with Gasteiger partial charge in [-0.05, 0) is 49.4 Å². The number of aryl methyl sites for hydroxylation is 2. The summed E-state index contributed by atoms with van der Waals surface area (Å²) >= 11 is 0. The van der Waals surface area contributed by atoms with E-state index in [2.05, 4.69) is 4.98 Å². The van der Waals surface area contributed by atoms with E-state index in [-0.39, 0.29) is 5.78 Å². The van der Waals surface area contributed by atoms with Crippen LogP contribution in [0, 0.1) is 0 Å². The molecule has 0 bridgehead atoms. The van der Waals surface area contributed by atoms with Gasteiger partial charge in [-0.25, -0.2) is 4.79 Å². The summed E-state index contributed by atoms with van der Waals surface area (Å²) in [6.45, 7) is 1.63. The normalized spacial score (nSPS) is 14.3. The number of aromatic nitrogens is 1. The zero-order valence-electron chi connectivity index (χ0n) is 14.0. The highest BCUT2D eigenvalue weighted by Gasteiger charge is 2.23. The van der Waals surface area contributed by atoms with Gasteiger partial charge in [0.2, 0.25) is 5.78 Å². The van der Waals surface area contributed by atoms with Gasteiger partial charge < -0.3 is 9.72 Å². The lowest BCUT2D eigenvalue weighted by molar-refractivity contribution is 0.0321. The van der Waals surface area contributed by atoms with Gasteiger partial charge in [0, 0.05) is 22.7 Å². The van der Waals surface area contributed by atoms with Crippen LogP contribution in [0.2, 0.25) is 0 Å². The third kappa shape index (κ3) is 2.84. The molecular weight excluding hydrogens is 314 g/mol. The molecule has 0 radical (unpaired) electrons. The van der Waals surface area contributed by atoms with Crippen LogP contribution in [0.5, 0.6) is 0 Å². The average Bonchev–Trinajstić information content (AvgIpc) is 3.26. The van der Waals surface area contributed by atoms with E-state index < -0.39 is 12.1 Å². The second-order valence-electron chi connectivity index (χ2n) is 6.50. The van der Waals surface area contributed by atoms with E-state index in [1.807, 2.05) is 42.5 Å². The summed E-state index contributed by atoms with van der Waals surface area (Å²) in [4.78, 5) is 28.1. The lowest BCUT2D eigenvalue weighted by atomic mass is 10.0. The zero-order valence-corrected chi connectivity index (χ0v) is 14.0. The fraction of sp³-hybridized carbons (Fsp3) is 0.238. The molecule has 1 aliphatic carbocycles. The monoisotopic (exact) mass is 333 g/mol. The van der Waals surface area contributed by atoms with Gasteiger partial charge >= 0.3 is 5.97 Å². The third-order valence-electron chi connectivity index (χ3n) is 4.85. The number of para-hydroxylation sites is 1. The predicted octanol–water partition coefficient (Wildman–Crippen LogP) is 4.08. The summed E-state index contributed by atoms with van der Waals surface area (Å²) in [5.41, 5.74) is 4.48. The average molecular weight is 333 g/mol. The van der Waals surface area contributed by atoms with Crippen LogP contribution in [-0.2, 0) is 17.6 Å². The Hall–Kier alpha value is -2.88. The van der Waals surface area contributed by atoms with Crippen molar-refractivity contribution in [1.29, 1.82) is 0 Å². The molecule has 2 aromatic carbocycles. The number of esters is 1. The van der Waals surface area contributed by atoms with Gasteiger partial charge in [0.05, 0.1) is 5.56 Å². The van der Waals surface area contributed by atoms with Crippen LogP contribution in [0.25, 0.3) is 10.9 Å². The predicted molar refractivity (Wildman–Crippen MR) is 96.0 cm³/mol. The maximum atomic E-state index is 12.6. The van der Waals surface area contributed by atoms with Crippen molar-refractivity contribution in [2.45, 2.75) is 32.3 Å². The largest absolute Gasteiger partial charge is 0.451 e. The Kier molecular flexibility index (Phi) is 3.88. The minimum Gasteiger partial charge on any atom is -0.451 e. The Morgan fingerprint density at radius 3 is 2.76 bits per heavy atom. The molecule has 4 rings (SSSR count). The fourth-order valence-corrected chi connectivity index (χ4v) is 3.48. The van der Waals surface area contributed by atoms with Crippen molar-refractivity contribution in [3.05, 3.63) is 70.9 Å². The summed E-state index contributed by atoms with van der Waals surface area (Å²) in [7, 11) is 0. The first-order valence-electron chi connectivity index (χ1n) is 8.56. The standard InChI is InChI=1S/C21H19NO3/c1-13(20(23)16-10-9-14-5-4-6-15(14)11-16)25-21(24)18-12-22-19-8-3-2-7-17(18)19/h2-3,7-13,22H,4-6H2,1H3/t13-/m1/s1. The van der Waals surface area contributed by atoms with Crippen LogP contribution < -0.4 is 0 Å². The van der Waals surface area contributed by atoms with Gasteiger partial charge in [0.15, 0.2) is 6.10 Å². The highest BCUT2D eigenvalue weighted by Crippen LogP contribution is 2.24. The highest BCUT2D eigenvalue weighted by atomic mass is 16.5. The molecule has 0 saturated carbocycles. The van der Waals surface area contributed by atoms with Gasteiger partial charge in [-0.1, -0.05) is 30.3 Å². The topological polar surface area (TPSA) is 59.2 Å². The van der Waals surface area contributed by atoms with Crippen molar-refractivity contribution in [3.63, 3.8) is 0 Å². The van der Waals surface area contributed by atoms with Gasteiger partial charge in [-0.3, -0.25) is 4.79 Å². The second-order valence-corrected chi connectivity index (χ2v) is 6.50. The van der Waals surface area contributed by atoms with Crippen LogP contribution in [0.3, 0.4) is 0 Å². The minimum atomic E-state index is -0.819. The molecule has 0 spiro atoms. The first-order valence-corrected chi connectivity index (χ1v) is 8.56. The summed E-state index contributed by atoms with van der Waals surface area (Å²) in [5, 5.41) is 0.796. The minimum absolute atomic E-state index is 0.164. The third-order valence-corrected chi connectivity index (χ3v) is 4.85. The van der Waals surface area contributed by atoms with E-state index in [0.29, 0.717) is 11.1 Å². The number of fused-ring (bicyclic) bond motifs is 2. The number of carbonyl (C=O) groups excluding carboxylic acids is 2. The molecule has 4 nitrogen and oxygen atoms in total. The number of carbonyl (C=O) groups is 2. The van der Waals surface area contributed by atoms with Crippen molar-refractivity contribution in [3.8, 4) is 0 Å². The van der Waals surface area contributed by atoms with Crippen molar-refractivity contribution in [1.82, 2.24) is 4.98 Å². The Morgan fingerprint density at radius 2 is 1.88 bits per heavy atom. The first-order chi connectivity index (χ1) is 12.1. The van der Waals surface area contributed by atoms with Crippen molar-refractivity contribution >= 4 is 22.7 Å². The van der Waals surface area contributed by atoms with Crippen LogP contribution in [-0.4, -0.2) is 22.8 Å². The Morgan fingerprint density at radius 1 is 1.08 bits per heavy atom. The SMILES string of the molecule is C[C@@H](OC(=O)c1c[nH]c2ccccc12)C(=O)c1ccc2c(c1)CCC2. The number of hydrogen-bond donors (Lipinski definition) is 1. The lowest BCUT2D eigenvalue weighted by Crippen LogP contribution is -2.24. The number of aromatic amines is 1. The number of hydrogen-bond acceptors (Lipinski definition) is 3. The maximum Gasteiger partial charge on any atom is 0.341 e. The summed E-state index contributed by atoms with van der Waals surface area (Å²) in [6.07, 6.45) is 4.03. The quantitative estimate of drug-likeness (QED) is 0.578. The molecule has 126 valence electrons. The number of H-pyrrole nitrogens is 1. The van der Waals surface area contributed by atoms with Crippen LogP contribution in [0.1, 0.15) is 45.2 Å². The molecular formula is C21H19NO3. The Bertz CT molecular complexity index is 970. The first kappa shape index (κ1) is 15.6. The van der Waals surface area contributed by atoms with Crippen LogP contribution >= 0.6 is 0 Å². The number of ether oxygens (including phenoxy) is 1. The van der Waals surface area contributed by atoms with Crippen molar-refractivity contribution < 1.29 is 14.3 Å². The van der Waals surface area contributed by atoms with Gasteiger partial charge in [0.25, 0.3) is 0 Å². The van der Waals surface area contributed by atoms with Crippen LogP contribution in [0.15, 0.2) is 48.7 Å². The molecule has 1 N–H and O–H groups in total. The molecule has 0 fully saturated rings. The Balaban J connectivity index is 1.52. The molecule has 1 aliphatic rings. The molecule has 0 saturated heterocycles. The molecule has 1 aromatic heterocycles. The van der Waals surface area contributed by atoms with E-state index >= 15 is 0 Å². The number of ketones is 1. The molecule has 0 aliphatic heterocycles. The molecule has 4 heteroatoms. The second kappa shape index (κ2) is 6.20. The van der Waals surface area contributed by atoms with Crippen molar-refractivity contribution in [2.75, 3.05) is 0 Å². The highest BCUT2D eigenvalue weighted by molar-refractivity contribution is 6.06. The summed E-state index contributed by atoms with van der Waals surface area (Å²) in [6, 6.07) is 13.3. The molecule has 0 amide bonds. The van der Waals surface area contributed by atoms with Gasteiger partial charge in [-0.2, -0.15) is 0 Å². The lowest BCUT2D eigenvalue weighted by Gasteiger charge is -2.13. The van der Waals surface area contributed by atoms with E-state index in [1.54, 1.807) is 13.1 Å². The van der Waals surface area contributed by atoms with Gasteiger partial charge in [-0.15, -0.1) is 0 Å². The molecule has 25 heavy (non-hydrogen) atoms. The smallest absolute Gasteiger partial charge is 0.341 e. The Labute approximate surface area is 145 Å². The summed E-state index contributed by atoms with van der Waals surface area (Å²) in [5.74, 6) is -0.651.